The number of fused-ring (bicyclic) bond motifs is 1. The van der Waals surface area contributed by atoms with Gasteiger partial charge in [0.15, 0.2) is 5.65 Å². The second-order valence-electron chi connectivity index (χ2n) is 8.29. The second kappa shape index (κ2) is 13.6. The first-order valence-corrected chi connectivity index (χ1v) is 12.2. The Kier molecular flexibility index (Phi) is 10.5. The quantitative estimate of drug-likeness (QED) is 0.167. The van der Waals surface area contributed by atoms with Crippen LogP contribution in [0.4, 0.5) is 5.82 Å². The number of nitrogens with one attached hydrogen (secondary N) is 2. The minimum Gasteiger partial charge on any atom is -0.379 e. The third-order valence-electron chi connectivity index (χ3n) is 6.09. The lowest BCUT2D eigenvalue weighted by Gasteiger charge is -2.19. The van der Waals surface area contributed by atoms with Crippen LogP contribution in [-0.2, 0) is 9.47 Å². The lowest BCUT2D eigenvalue weighted by atomic mass is 9.99. The molecule has 33 heavy (non-hydrogen) atoms. The largest absolute Gasteiger partial charge is 0.379 e. The third kappa shape index (κ3) is 7.45. The van der Waals surface area contributed by atoms with E-state index in [-0.39, 0.29) is 0 Å². The van der Waals surface area contributed by atoms with Crippen molar-refractivity contribution >= 4 is 23.1 Å². The van der Waals surface area contributed by atoms with E-state index in [2.05, 4.69) is 45.7 Å². The van der Waals surface area contributed by atoms with Gasteiger partial charge in [0.2, 0.25) is 0 Å². The Morgan fingerprint density at radius 2 is 1.97 bits per heavy atom. The number of halogens is 1. The van der Waals surface area contributed by atoms with Gasteiger partial charge in [-0.25, -0.2) is 4.98 Å². The van der Waals surface area contributed by atoms with Crippen molar-refractivity contribution < 1.29 is 9.47 Å². The van der Waals surface area contributed by atoms with Gasteiger partial charge >= 0.3 is 0 Å². The SMILES string of the molecule is CCC(CC)c1cc(N[C@H]2CC[C@H](NCCOCCOCCN=[N+]=[N-])C2)n2ncc(Cl)c2n1. The number of aromatic nitrogens is 3. The normalized spacial score (nSPS) is 18.2. The van der Waals surface area contributed by atoms with E-state index in [1.165, 1.54) is 0 Å². The first-order chi connectivity index (χ1) is 16.2. The van der Waals surface area contributed by atoms with Gasteiger partial charge in [0.05, 0.1) is 32.6 Å². The van der Waals surface area contributed by atoms with Crippen molar-refractivity contribution in [1.29, 1.82) is 0 Å². The van der Waals surface area contributed by atoms with Crippen molar-refractivity contribution in [2.45, 2.75) is 64.0 Å². The van der Waals surface area contributed by atoms with E-state index in [0.29, 0.717) is 56.0 Å². The van der Waals surface area contributed by atoms with E-state index in [1.807, 2.05) is 4.52 Å². The second-order valence-corrected chi connectivity index (χ2v) is 8.70. The molecule has 2 N–H and O–H groups in total. The molecule has 0 saturated heterocycles. The number of ether oxygens (including phenoxy) is 2. The Hall–Kier alpha value is -2.10. The van der Waals surface area contributed by atoms with Crippen molar-refractivity contribution in [3.05, 3.63) is 33.4 Å². The van der Waals surface area contributed by atoms with E-state index in [4.69, 9.17) is 31.6 Å². The number of nitrogens with zero attached hydrogens (tertiary/aromatic N) is 6. The number of rotatable bonds is 15. The molecule has 0 amide bonds. The van der Waals surface area contributed by atoms with Gasteiger partial charge < -0.3 is 20.1 Å². The smallest absolute Gasteiger partial charge is 0.176 e. The molecule has 182 valence electrons. The summed E-state index contributed by atoms with van der Waals surface area (Å²) in [6.45, 7) is 7.67. The molecule has 0 aromatic carbocycles. The number of azide groups is 1. The molecule has 1 aliphatic rings. The molecule has 0 unspecified atom stereocenters. The molecule has 2 atom stereocenters. The Morgan fingerprint density at radius 1 is 1.21 bits per heavy atom. The summed E-state index contributed by atoms with van der Waals surface area (Å²) in [7, 11) is 0. The number of hydrogen-bond donors (Lipinski definition) is 2. The molecule has 1 fully saturated rings. The zero-order valence-corrected chi connectivity index (χ0v) is 20.3. The zero-order chi connectivity index (χ0) is 23.5. The maximum Gasteiger partial charge on any atom is 0.176 e. The molecular formula is C22H35ClN8O2. The van der Waals surface area contributed by atoms with Gasteiger partial charge in [-0.05, 0) is 37.6 Å². The predicted octanol–water partition coefficient (Wildman–Crippen LogP) is 4.55. The molecule has 3 rings (SSSR count). The summed E-state index contributed by atoms with van der Waals surface area (Å²) in [6, 6.07) is 2.97. The van der Waals surface area contributed by atoms with Crippen LogP contribution in [0.15, 0.2) is 17.4 Å². The monoisotopic (exact) mass is 478 g/mol. The van der Waals surface area contributed by atoms with E-state index < -0.39 is 0 Å². The highest BCUT2D eigenvalue weighted by Crippen LogP contribution is 2.29. The van der Waals surface area contributed by atoms with Crippen LogP contribution in [0.2, 0.25) is 5.02 Å². The highest BCUT2D eigenvalue weighted by Gasteiger charge is 2.25. The summed E-state index contributed by atoms with van der Waals surface area (Å²) in [5, 5.41) is 15.7. The maximum absolute atomic E-state index is 8.19. The topological polar surface area (TPSA) is 121 Å². The molecule has 2 heterocycles. The lowest BCUT2D eigenvalue weighted by molar-refractivity contribution is 0.0512. The molecule has 0 bridgehead atoms. The summed E-state index contributed by atoms with van der Waals surface area (Å²) in [6.07, 6.45) is 7.01. The average molecular weight is 479 g/mol. The molecule has 10 nitrogen and oxygen atoms in total. The van der Waals surface area contributed by atoms with Crippen LogP contribution >= 0.6 is 11.6 Å². The highest BCUT2D eigenvalue weighted by atomic mass is 35.5. The van der Waals surface area contributed by atoms with Crippen molar-refractivity contribution in [2.75, 3.05) is 44.8 Å². The van der Waals surface area contributed by atoms with E-state index in [9.17, 15) is 0 Å². The first-order valence-electron chi connectivity index (χ1n) is 11.9. The lowest BCUT2D eigenvalue weighted by Crippen LogP contribution is -2.31. The number of hydrogen-bond acceptors (Lipinski definition) is 7. The van der Waals surface area contributed by atoms with E-state index in [1.54, 1.807) is 6.20 Å². The van der Waals surface area contributed by atoms with Gasteiger partial charge in [-0.1, -0.05) is 30.6 Å². The van der Waals surface area contributed by atoms with Crippen molar-refractivity contribution in [3.8, 4) is 0 Å². The first kappa shape index (κ1) is 25.5. The standard InChI is InChI=1S/C22H35ClN8O2/c1-3-16(4-2)20-14-21(31-22(29-20)19(23)15-27-31)28-18-6-5-17(13-18)25-7-9-32-11-12-33-10-8-26-30-24/h14-18,25,28H,3-13H2,1-2H3/t17-,18-/m0/s1. The van der Waals surface area contributed by atoms with Crippen LogP contribution in [0.5, 0.6) is 0 Å². The van der Waals surface area contributed by atoms with Gasteiger partial charge in [0.1, 0.15) is 10.8 Å². The fourth-order valence-corrected chi connectivity index (χ4v) is 4.45. The predicted molar refractivity (Wildman–Crippen MR) is 130 cm³/mol. The summed E-state index contributed by atoms with van der Waals surface area (Å²) >= 11 is 6.36. The summed E-state index contributed by atoms with van der Waals surface area (Å²) in [5.74, 6) is 1.37. The van der Waals surface area contributed by atoms with Crippen LogP contribution < -0.4 is 10.6 Å². The molecule has 1 saturated carbocycles. The molecular weight excluding hydrogens is 444 g/mol. The minimum absolute atomic E-state index is 0.354. The molecule has 2 aromatic rings. The van der Waals surface area contributed by atoms with Gasteiger partial charge in [0, 0.05) is 47.8 Å². The Labute approximate surface area is 200 Å². The van der Waals surface area contributed by atoms with E-state index >= 15 is 0 Å². The zero-order valence-electron chi connectivity index (χ0n) is 19.5. The van der Waals surface area contributed by atoms with Crippen LogP contribution in [0.3, 0.4) is 0 Å². The van der Waals surface area contributed by atoms with Crippen LogP contribution in [0.1, 0.15) is 57.6 Å². The van der Waals surface area contributed by atoms with Gasteiger partial charge in [0.25, 0.3) is 0 Å². The van der Waals surface area contributed by atoms with Gasteiger partial charge in [-0.3, -0.25) is 0 Å². The van der Waals surface area contributed by atoms with Crippen LogP contribution in [-0.4, -0.2) is 66.2 Å². The molecule has 1 aliphatic carbocycles. The molecule has 11 heteroatoms. The average Bonchev–Trinajstić information content (AvgIpc) is 3.42. The third-order valence-corrected chi connectivity index (χ3v) is 6.35. The minimum atomic E-state index is 0.354. The van der Waals surface area contributed by atoms with Crippen molar-refractivity contribution in [2.24, 2.45) is 5.11 Å². The van der Waals surface area contributed by atoms with Crippen molar-refractivity contribution in [3.63, 3.8) is 0 Å². The summed E-state index contributed by atoms with van der Waals surface area (Å²) in [4.78, 5) is 7.47. The van der Waals surface area contributed by atoms with Crippen LogP contribution in [0, 0.1) is 0 Å². The fourth-order valence-electron chi connectivity index (χ4n) is 4.29. The Bertz CT molecular complexity index is 913. The molecule has 0 radical (unpaired) electrons. The van der Waals surface area contributed by atoms with Gasteiger partial charge in [-0.15, -0.1) is 0 Å². The van der Waals surface area contributed by atoms with Crippen LogP contribution in [0.25, 0.3) is 16.1 Å². The molecule has 2 aromatic heterocycles. The summed E-state index contributed by atoms with van der Waals surface area (Å²) in [5.41, 5.74) is 9.99. The highest BCUT2D eigenvalue weighted by molar-refractivity contribution is 6.33. The van der Waals surface area contributed by atoms with E-state index in [0.717, 1.165) is 55.8 Å². The fraction of sp³-hybridized carbons (Fsp3) is 0.727. The number of anilines is 1. The Morgan fingerprint density at radius 3 is 2.73 bits per heavy atom. The summed E-state index contributed by atoms with van der Waals surface area (Å²) < 4.78 is 12.7. The Balaban J connectivity index is 1.43. The van der Waals surface area contributed by atoms with Crippen molar-refractivity contribution in [1.82, 2.24) is 19.9 Å². The molecule has 0 spiro atoms. The maximum atomic E-state index is 8.19. The molecule has 0 aliphatic heterocycles. The van der Waals surface area contributed by atoms with Gasteiger partial charge in [-0.2, -0.15) is 9.61 Å².